The second kappa shape index (κ2) is 8.94. The van der Waals surface area contributed by atoms with Crippen molar-refractivity contribution in [1.29, 1.82) is 0 Å². The first-order valence-electron chi connectivity index (χ1n) is 7.57. The highest BCUT2D eigenvalue weighted by Gasteiger charge is 2.30. The summed E-state index contributed by atoms with van der Waals surface area (Å²) < 4.78 is 55.6. The molecule has 1 aromatic rings. The number of hydrogen-bond donors (Lipinski definition) is 1. The molecule has 1 aliphatic heterocycles. The van der Waals surface area contributed by atoms with Crippen molar-refractivity contribution in [3.63, 3.8) is 0 Å². The Labute approximate surface area is 147 Å². The van der Waals surface area contributed by atoms with E-state index < -0.39 is 23.1 Å². The molecule has 0 aliphatic carbocycles. The molecule has 1 heterocycles. The number of piperidine rings is 1. The van der Waals surface area contributed by atoms with Crippen molar-refractivity contribution in [1.82, 2.24) is 4.31 Å². The highest BCUT2D eigenvalue weighted by atomic mass is 35.5. The maximum atomic E-state index is 12.6. The van der Waals surface area contributed by atoms with Crippen LogP contribution >= 0.6 is 12.4 Å². The number of benzene rings is 1. The maximum Gasteiger partial charge on any atom is 0.272 e. The summed E-state index contributed by atoms with van der Waals surface area (Å²) >= 11 is 0. The van der Waals surface area contributed by atoms with Crippen molar-refractivity contribution in [2.75, 3.05) is 19.7 Å². The van der Waals surface area contributed by atoms with Gasteiger partial charge in [-0.15, -0.1) is 12.4 Å². The van der Waals surface area contributed by atoms with E-state index in [9.17, 15) is 17.2 Å². The van der Waals surface area contributed by atoms with Crippen molar-refractivity contribution in [2.45, 2.75) is 37.1 Å². The van der Waals surface area contributed by atoms with Crippen molar-refractivity contribution in [3.8, 4) is 5.75 Å². The number of sulfonamides is 1. The van der Waals surface area contributed by atoms with Gasteiger partial charge in [-0.2, -0.15) is 4.31 Å². The predicted molar refractivity (Wildman–Crippen MR) is 90.3 cm³/mol. The molecule has 0 saturated carbocycles. The molecule has 1 aliphatic rings. The molecule has 1 atom stereocenters. The third-order valence-corrected chi connectivity index (χ3v) is 5.99. The van der Waals surface area contributed by atoms with Crippen LogP contribution in [0.15, 0.2) is 29.2 Å². The van der Waals surface area contributed by atoms with Gasteiger partial charge in [0.2, 0.25) is 10.0 Å². The van der Waals surface area contributed by atoms with Gasteiger partial charge < -0.3 is 10.5 Å². The summed E-state index contributed by atoms with van der Waals surface area (Å²) in [5.41, 5.74) is 5.86. The molecule has 0 bridgehead atoms. The molecular weight excluding hydrogens is 362 g/mol. The van der Waals surface area contributed by atoms with Crippen LogP contribution in [-0.4, -0.2) is 44.9 Å². The zero-order chi connectivity index (χ0) is 17.0. The molecule has 0 amide bonds. The lowest BCUT2D eigenvalue weighted by atomic mass is 9.92. The molecule has 0 spiro atoms. The smallest absolute Gasteiger partial charge is 0.272 e. The van der Waals surface area contributed by atoms with Crippen LogP contribution in [0.2, 0.25) is 0 Å². The molecule has 1 unspecified atom stereocenters. The molecule has 1 aromatic carbocycles. The quantitative estimate of drug-likeness (QED) is 0.817. The lowest BCUT2D eigenvalue weighted by Gasteiger charge is -2.32. The Hall–Kier alpha value is -0.960. The summed E-state index contributed by atoms with van der Waals surface area (Å²) in [5.74, 6) is 0.562. The normalized spacial score (nSPS) is 18.2. The van der Waals surface area contributed by atoms with E-state index in [-0.39, 0.29) is 29.1 Å². The topological polar surface area (TPSA) is 72.6 Å². The fourth-order valence-corrected chi connectivity index (χ4v) is 4.13. The molecule has 1 saturated heterocycles. The molecule has 0 aromatic heterocycles. The van der Waals surface area contributed by atoms with Gasteiger partial charge in [-0.25, -0.2) is 17.2 Å². The van der Waals surface area contributed by atoms with Crippen LogP contribution < -0.4 is 10.5 Å². The molecule has 138 valence electrons. The lowest BCUT2D eigenvalue weighted by Crippen LogP contribution is -2.42. The Morgan fingerprint density at radius 3 is 2.25 bits per heavy atom. The Bertz CT molecular complexity index is 604. The molecule has 0 radical (unpaired) electrons. The minimum absolute atomic E-state index is 0. The van der Waals surface area contributed by atoms with E-state index in [1.807, 2.05) is 6.92 Å². The first kappa shape index (κ1) is 21.1. The fourth-order valence-electron chi connectivity index (χ4n) is 2.66. The summed E-state index contributed by atoms with van der Waals surface area (Å²) in [6, 6.07) is 5.61. The fraction of sp³-hybridized carbons (Fsp3) is 0.600. The molecule has 5 nitrogen and oxygen atoms in total. The second-order valence-electron chi connectivity index (χ2n) is 5.77. The van der Waals surface area contributed by atoms with Gasteiger partial charge in [0.1, 0.15) is 12.4 Å². The SMILES string of the molecule is CC(N)C1CCN(S(=O)(=O)c2ccc(OCC(F)F)cc2)CC1.Cl. The van der Waals surface area contributed by atoms with E-state index >= 15 is 0 Å². The number of hydrogen-bond acceptors (Lipinski definition) is 4. The first-order valence-corrected chi connectivity index (χ1v) is 9.01. The third kappa shape index (κ3) is 5.27. The Morgan fingerprint density at radius 1 is 1.25 bits per heavy atom. The van der Waals surface area contributed by atoms with Gasteiger partial charge in [0.25, 0.3) is 6.43 Å². The van der Waals surface area contributed by atoms with E-state index in [1.165, 1.54) is 28.6 Å². The number of nitrogens with two attached hydrogens (primary N) is 1. The van der Waals surface area contributed by atoms with Gasteiger partial charge in [0, 0.05) is 19.1 Å². The predicted octanol–water partition coefficient (Wildman–Crippen LogP) is 2.50. The number of halogens is 3. The molecule has 1 fully saturated rings. The average Bonchev–Trinajstić information content (AvgIpc) is 2.53. The van der Waals surface area contributed by atoms with Gasteiger partial charge in [-0.3, -0.25) is 0 Å². The monoisotopic (exact) mass is 384 g/mol. The number of alkyl halides is 2. The number of nitrogens with zero attached hydrogens (tertiary/aromatic N) is 1. The summed E-state index contributed by atoms with van der Waals surface area (Å²) in [4.78, 5) is 0.140. The van der Waals surface area contributed by atoms with E-state index in [0.29, 0.717) is 19.0 Å². The minimum atomic E-state index is -3.57. The Morgan fingerprint density at radius 2 is 1.79 bits per heavy atom. The van der Waals surface area contributed by atoms with Gasteiger partial charge in [-0.1, -0.05) is 0 Å². The number of rotatable bonds is 6. The van der Waals surface area contributed by atoms with E-state index in [4.69, 9.17) is 10.5 Å². The Balaban J connectivity index is 0.00000288. The first-order chi connectivity index (χ1) is 10.8. The van der Waals surface area contributed by atoms with Crippen molar-refractivity contribution in [3.05, 3.63) is 24.3 Å². The zero-order valence-electron chi connectivity index (χ0n) is 13.4. The van der Waals surface area contributed by atoms with Crippen molar-refractivity contribution in [2.24, 2.45) is 11.7 Å². The molecule has 9 heteroatoms. The second-order valence-corrected chi connectivity index (χ2v) is 7.71. The summed E-state index contributed by atoms with van der Waals surface area (Å²) in [7, 11) is -3.57. The van der Waals surface area contributed by atoms with Crippen LogP contribution in [0.5, 0.6) is 5.75 Å². The van der Waals surface area contributed by atoms with Gasteiger partial charge in [0.05, 0.1) is 4.90 Å². The van der Waals surface area contributed by atoms with E-state index in [1.54, 1.807) is 0 Å². The van der Waals surface area contributed by atoms with Crippen molar-refractivity contribution >= 4 is 22.4 Å². The highest BCUT2D eigenvalue weighted by molar-refractivity contribution is 7.89. The molecular formula is C15H23ClF2N2O3S. The zero-order valence-corrected chi connectivity index (χ0v) is 15.0. The van der Waals surface area contributed by atoms with Gasteiger partial charge in [-0.05, 0) is 49.9 Å². The third-order valence-electron chi connectivity index (χ3n) is 4.08. The molecule has 2 N–H and O–H groups in total. The van der Waals surface area contributed by atoms with Crippen LogP contribution in [0.3, 0.4) is 0 Å². The van der Waals surface area contributed by atoms with E-state index in [2.05, 4.69) is 0 Å². The van der Waals surface area contributed by atoms with Crippen LogP contribution in [0.1, 0.15) is 19.8 Å². The standard InChI is InChI=1S/C15H22F2N2O3S.ClH/c1-11(18)12-6-8-19(9-7-12)23(20,21)14-4-2-13(3-5-14)22-10-15(16)17;/h2-5,11-12,15H,6-10,18H2,1H3;1H. The highest BCUT2D eigenvalue weighted by Crippen LogP contribution is 2.26. The van der Waals surface area contributed by atoms with Gasteiger partial charge in [0.15, 0.2) is 0 Å². The van der Waals surface area contributed by atoms with Crippen molar-refractivity contribution < 1.29 is 21.9 Å². The largest absolute Gasteiger partial charge is 0.488 e. The van der Waals surface area contributed by atoms with Crippen LogP contribution in [-0.2, 0) is 10.0 Å². The average molecular weight is 385 g/mol. The summed E-state index contributed by atoms with van der Waals surface area (Å²) in [5, 5.41) is 0. The lowest BCUT2D eigenvalue weighted by molar-refractivity contribution is 0.0819. The minimum Gasteiger partial charge on any atom is -0.488 e. The number of ether oxygens (including phenoxy) is 1. The summed E-state index contributed by atoms with van der Waals surface area (Å²) in [6.45, 7) is 2.11. The maximum absolute atomic E-state index is 12.6. The summed E-state index contributed by atoms with van der Waals surface area (Å²) in [6.07, 6.45) is -1.08. The van der Waals surface area contributed by atoms with E-state index in [0.717, 1.165) is 12.8 Å². The van der Waals surface area contributed by atoms with Crippen LogP contribution in [0.4, 0.5) is 8.78 Å². The molecule has 24 heavy (non-hydrogen) atoms. The van der Waals surface area contributed by atoms with Crippen LogP contribution in [0, 0.1) is 5.92 Å². The van der Waals surface area contributed by atoms with Crippen LogP contribution in [0.25, 0.3) is 0 Å². The molecule has 2 rings (SSSR count). The van der Waals surface area contributed by atoms with Gasteiger partial charge >= 0.3 is 0 Å². The Kier molecular flexibility index (Phi) is 7.85.